The lowest BCUT2D eigenvalue weighted by atomic mass is 10.3. The molecule has 0 saturated heterocycles. The van der Waals surface area contributed by atoms with Crippen molar-refractivity contribution < 1.29 is 4.79 Å². The van der Waals surface area contributed by atoms with Gasteiger partial charge in [-0.05, 0) is 48.6 Å². The molecule has 3 aromatic rings. The fraction of sp³-hybridized carbons (Fsp3) is 0.0625. The van der Waals surface area contributed by atoms with Crippen LogP contribution in [0.5, 0.6) is 0 Å². The second kappa shape index (κ2) is 7.94. The molecule has 0 aliphatic rings. The molecule has 0 aliphatic carbocycles. The number of para-hydroxylation sites is 1. The Hall–Kier alpha value is -1.67. The summed E-state index contributed by atoms with van der Waals surface area (Å²) >= 11 is 13.9. The molecule has 0 aliphatic heterocycles. The molecule has 0 fully saturated rings. The Kier molecular flexibility index (Phi) is 5.68. The van der Waals surface area contributed by atoms with Gasteiger partial charge in [0, 0.05) is 9.92 Å². The van der Waals surface area contributed by atoms with Crippen LogP contribution in [0.4, 0.5) is 5.13 Å². The number of rotatable bonds is 4. The van der Waals surface area contributed by atoms with Crippen molar-refractivity contribution in [2.75, 3.05) is 11.1 Å². The molecule has 2 aromatic carbocycles. The highest BCUT2D eigenvalue weighted by Gasteiger charge is 2.08. The molecule has 1 heterocycles. The van der Waals surface area contributed by atoms with E-state index >= 15 is 0 Å². The summed E-state index contributed by atoms with van der Waals surface area (Å²) in [4.78, 5) is 17.3. The van der Waals surface area contributed by atoms with Gasteiger partial charge >= 0.3 is 0 Å². The van der Waals surface area contributed by atoms with Crippen molar-refractivity contribution in [1.82, 2.24) is 10.3 Å². The van der Waals surface area contributed by atoms with Gasteiger partial charge < -0.3 is 10.6 Å². The molecule has 3 rings (SSSR count). The van der Waals surface area contributed by atoms with E-state index < -0.39 is 0 Å². The molecule has 0 spiro atoms. The number of nitrogens with one attached hydrogen (secondary N) is 2. The van der Waals surface area contributed by atoms with Gasteiger partial charge in [-0.15, -0.1) is 11.8 Å². The predicted octanol–water partition coefficient (Wildman–Crippen LogP) is 4.56. The van der Waals surface area contributed by atoms with Crippen molar-refractivity contribution in [1.29, 1.82) is 0 Å². The average Bonchev–Trinajstić information content (AvgIpc) is 2.96. The summed E-state index contributed by atoms with van der Waals surface area (Å²) in [5.74, 6) is 0.0945. The molecule has 1 aromatic heterocycles. The fourth-order valence-electron chi connectivity index (χ4n) is 1.90. The largest absolute Gasteiger partial charge is 0.308 e. The molecule has 2 N–H and O–H groups in total. The number of thiazole rings is 1. The molecule has 4 nitrogen and oxygen atoms in total. The number of fused-ring (bicyclic) bond motifs is 1. The van der Waals surface area contributed by atoms with Gasteiger partial charge in [-0.2, -0.15) is 0 Å². The summed E-state index contributed by atoms with van der Waals surface area (Å²) in [6, 6.07) is 15.1. The molecular formula is C16H12ClN3OS3. The number of amides is 1. The number of carbonyl (C=O) groups is 1. The van der Waals surface area contributed by atoms with Crippen molar-refractivity contribution >= 4 is 73.3 Å². The topological polar surface area (TPSA) is 54.0 Å². The van der Waals surface area contributed by atoms with Crippen molar-refractivity contribution in [3.63, 3.8) is 0 Å². The summed E-state index contributed by atoms with van der Waals surface area (Å²) in [7, 11) is 0. The Bertz CT molecular complexity index is 847. The van der Waals surface area contributed by atoms with Crippen LogP contribution in [0.2, 0.25) is 5.02 Å². The molecule has 24 heavy (non-hydrogen) atoms. The van der Waals surface area contributed by atoms with Crippen molar-refractivity contribution in [2.24, 2.45) is 0 Å². The molecule has 0 radical (unpaired) electrons. The number of hydrogen-bond acceptors (Lipinski definition) is 5. The molecule has 1 amide bonds. The summed E-state index contributed by atoms with van der Waals surface area (Å²) < 4.78 is 1.06. The standard InChI is InChI=1S/C16H12ClN3OS3/c17-10-5-7-11(8-6-10)23-9-14(21)19-15(22)20-16-18-12-3-1-2-4-13(12)24-16/h1-8H,9H2,(H2,18,19,20,21,22). The highest BCUT2D eigenvalue weighted by molar-refractivity contribution is 8.00. The zero-order chi connectivity index (χ0) is 16.9. The summed E-state index contributed by atoms with van der Waals surface area (Å²) in [5, 5.41) is 7.18. The summed E-state index contributed by atoms with van der Waals surface area (Å²) in [5.41, 5.74) is 0.900. The number of carbonyl (C=O) groups excluding carboxylic acids is 1. The van der Waals surface area contributed by atoms with E-state index in [0.29, 0.717) is 10.2 Å². The molecule has 0 atom stereocenters. The Morgan fingerprint density at radius 2 is 1.96 bits per heavy atom. The van der Waals surface area contributed by atoms with Crippen LogP contribution in [-0.4, -0.2) is 21.8 Å². The first-order chi connectivity index (χ1) is 11.6. The van der Waals surface area contributed by atoms with Crippen molar-refractivity contribution in [3.05, 3.63) is 53.6 Å². The van der Waals surface area contributed by atoms with Gasteiger partial charge in [0.25, 0.3) is 0 Å². The SMILES string of the molecule is O=C(CSc1ccc(Cl)cc1)NC(=S)Nc1nc2ccccc2s1. The number of hydrogen-bond donors (Lipinski definition) is 2. The first-order valence-corrected chi connectivity index (χ1v) is 9.54. The molecule has 0 bridgehead atoms. The highest BCUT2D eigenvalue weighted by atomic mass is 35.5. The predicted molar refractivity (Wildman–Crippen MR) is 106 cm³/mol. The normalized spacial score (nSPS) is 10.5. The quantitative estimate of drug-likeness (QED) is 0.503. The van der Waals surface area contributed by atoms with E-state index in [0.717, 1.165) is 15.1 Å². The third kappa shape index (κ3) is 4.67. The van der Waals surface area contributed by atoms with E-state index in [9.17, 15) is 4.79 Å². The number of aromatic nitrogens is 1. The number of anilines is 1. The van der Waals surface area contributed by atoms with Gasteiger partial charge in [0.2, 0.25) is 5.91 Å². The lowest BCUT2D eigenvalue weighted by Crippen LogP contribution is -2.35. The third-order valence-corrected chi connectivity index (χ3v) is 5.37. The van der Waals surface area contributed by atoms with Crippen LogP contribution in [0.1, 0.15) is 0 Å². The summed E-state index contributed by atoms with van der Waals surface area (Å²) in [6.07, 6.45) is 0. The van der Waals surface area contributed by atoms with E-state index in [-0.39, 0.29) is 16.8 Å². The maximum Gasteiger partial charge on any atom is 0.236 e. The maximum absolute atomic E-state index is 12.0. The zero-order valence-corrected chi connectivity index (χ0v) is 15.5. The number of thiocarbonyl (C=S) groups is 1. The molecule has 0 saturated carbocycles. The lowest BCUT2D eigenvalue weighted by Gasteiger charge is -2.07. The van der Waals surface area contributed by atoms with Gasteiger partial charge in [0.1, 0.15) is 0 Å². The Balaban J connectivity index is 1.50. The maximum atomic E-state index is 12.0. The van der Waals surface area contributed by atoms with Crippen LogP contribution in [0.25, 0.3) is 10.2 Å². The van der Waals surface area contributed by atoms with Gasteiger partial charge in [-0.1, -0.05) is 35.1 Å². The molecule has 0 unspecified atom stereocenters. The Morgan fingerprint density at radius 1 is 1.21 bits per heavy atom. The van der Waals surface area contributed by atoms with Crippen LogP contribution >= 0.6 is 46.9 Å². The summed E-state index contributed by atoms with van der Waals surface area (Å²) in [6.45, 7) is 0. The number of thioether (sulfide) groups is 1. The van der Waals surface area contributed by atoms with Gasteiger partial charge in [0.15, 0.2) is 10.2 Å². The second-order valence-electron chi connectivity index (χ2n) is 4.73. The van der Waals surface area contributed by atoms with Gasteiger partial charge in [-0.25, -0.2) is 4.98 Å². The van der Waals surface area contributed by atoms with Gasteiger partial charge in [0.05, 0.1) is 16.0 Å². The number of halogens is 1. The molecular weight excluding hydrogens is 382 g/mol. The fourth-order valence-corrected chi connectivity index (χ4v) is 3.87. The third-order valence-electron chi connectivity index (χ3n) is 2.95. The van der Waals surface area contributed by atoms with E-state index in [1.54, 1.807) is 12.1 Å². The van der Waals surface area contributed by atoms with E-state index in [1.807, 2.05) is 36.4 Å². The average molecular weight is 394 g/mol. The van der Waals surface area contributed by atoms with E-state index in [4.69, 9.17) is 23.8 Å². The van der Waals surface area contributed by atoms with Gasteiger partial charge in [-0.3, -0.25) is 4.79 Å². The van der Waals surface area contributed by atoms with Crippen LogP contribution < -0.4 is 10.6 Å². The van der Waals surface area contributed by atoms with Crippen LogP contribution in [0, 0.1) is 0 Å². The van der Waals surface area contributed by atoms with E-state index in [1.165, 1.54) is 23.1 Å². The van der Waals surface area contributed by atoms with Crippen LogP contribution in [-0.2, 0) is 4.79 Å². The zero-order valence-electron chi connectivity index (χ0n) is 12.3. The highest BCUT2D eigenvalue weighted by Crippen LogP contribution is 2.25. The minimum Gasteiger partial charge on any atom is -0.308 e. The minimum atomic E-state index is -0.173. The smallest absolute Gasteiger partial charge is 0.236 e. The number of benzene rings is 2. The van der Waals surface area contributed by atoms with E-state index in [2.05, 4.69) is 15.6 Å². The first kappa shape index (κ1) is 17.2. The van der Waals surface area contributed by atoms with Crippen molar-refractivity contribution in [3.8, 4) is 0 Å². The second-order valence-corrected chi connectivity index (χ2v) is 7.66. The van der Waals surface area contributed by atoms with Crippen LogP contribution in [0.3, 0.4) is 0 Å². The number of nitrogens with zero attached hydrogens (tertiary/aromatic N) is 1. The Morgan fingerprint density at radius 3 is 2.71 bits per heavy atom. The first-order valence-electron chi connectivity index (χ1n) is 6.95. The minimum absolute atomic E-state index is 0.173. The monoisotopic (exact) mass is 393 g/mol. The Labute approximate surface area is 157 Å². The molecule has 8 heteroatoms. The molecule has 122 valence electrons. The van der Waals surface area contributed by atoms with Crippen LogP contribution in [0.15, 0.2) is 53.4 Å². The van der Waals surface area contributed by atoms with Crippen molar-refractivity contribution in [2.45, 2.75) is 4.90 Å². The lowest BCUT2D eigenvalue weighted by molar-refractivity contribution is -0.117.